The van der Waals surface area contributed by atoms with Gasteiger partial charge in [0.25, 0.3) is 0 Å². The third-order valence-electron chi connectivity index (χ3n) is 2.63. The second kappa shape index (κ2) is 5.38. The van der Waals surface area contributed by atoms with Gasteiger partial charge in [-0.1, -0.05) is 11.2 Å². The summed E-state index contributed by atoms with van der Waals surface area (Å²) < 4.78 is 14.8. The maximum Gasteiger partial charge on any atom is 0.170 e. The molecule has 0 aliphatic heterocycles. The Morgan fingerprint density at radius 2 is 2.32 bits per heavy atom. The van der Waals surface area contributed by atoms with E-state index in [1.54, 1.807) is 16.9 Å². The number of halogens is 1. The fraction of sp³-hybridized carbons (Fsp3) is 0.167. The molecule has 0 unspecified atom stereocenters. The van der Waals surface area contributed by atoms with Crippen LogP contribution < -0.4 is 11.1 Å². The zero-order valence-corrected chi connectivity index (χ0v) is 10.3. The number of nitrogens with two attached hydrogens (primary N) is 1. The number of hydrogen-bond donors (Lipinski definition) is 3. The largest absolute Gasteiger partial charge is 0.409 e. The lowest BCUT2D eigenvalue weighted by atomic mass is 10.1. The van der Waals surface area contributed by atoms with Crippen molar-refractivity contribution in [1.29, 1.82) is 0 Å². The van der Waals surface area contributed by atoms with Gasteiger partial charge >= 0.3 is 0 Å². The topological polar surface area (TPSA) is 88.5 Å². The van der Waals surface area contributed by atoms with Crippen molar-refractivity contribution in [2.45, 2.75) is 6.54 Å². The van der Waals surface area contributed by atoms with Gasteiger partial charge in [-0.2, -0.15) is 5.10 Å². The lowest BCUT2D eigenvalue weighted by Gasteiger charge is -2.09. The molecular formula is C12H14FN5O. The molecule has 1 aromatic heterocycles. The van der Waals surface area contributed by atoms with E-state index in [2.05, 4.69) is 15.6 Å². The highest BCUT2D eigenvalue weighted by molar-refractivity contribution is 5.98. The van der Waals surface area contributed by atoms with Crippen LogP contribution in [0.2, 0.25) is 0 Å². The minimum atomic E-state index is -0.441. The number of amidine groups is 1. The summed E-state index contributed by atoms with van der Waals surface area (Å²) in [4.78, 5) is 0. The molecule has 0 saturated heterocycles. The van der Waals surface area contributed by atoms with Crippen LogP contribution in [0.4, 0.5) is 10.2 Å². The zero-order chi connectivity index (χ0) is 13.8. The van der Waals surface area contributed by atoms with E-state index < -0.39 is 5.82 Å². The number of rotatable bonds is 4. The molecule has 2 aromatic rings. The monoisotopic (exact) mass is 263 g/mol. The van der Waals surface area contributed by atoms with Gasteiger partial charge in [0.15, 0.2) is 5.84 Å². The van der Waals surface area contributed by atoms with E-state index in [4.69, 9.17) is 10.9 Å². The van der Waals surface area contributed by atoms with Crippen molar-refractivity contribution in [3.63, 3.8) is 0 Å². The number of oxime groups is 1. The Balaban J connectivity index is 2.20. The number of hydrogen-bond acceptors (Lipinski definition) is 4. The standard InChI is InChI=1S/C12H14FN5O/c1-18-5-4-11(16-18)15-7-8-2-3-9(13)6-10(8)12(14)17-19/h2-6,19H,7H2,1H3,(H2,14,17)(H,15,16). The Morgan fingerprint density at radius 1 is 1.53 bits per heavy atom. The number of nitrogens with one attached hydrogen (secondary N) is 1. The van der Waals surface area contributed by atoms with E-state index in [1.807, 2.05) is 13.1 Å². The van der Waals surface area contributed by atoms with Gasteiger partial charge in [-0.25, -0.2) is 4.39 Å². The van der Waals surface area contributed by atoms with Crippen molar-refractivity contribution in [2.24, 2.45) is 17.9 Å². The summed E-state index contributed by atoms with van der Waals surface area (Å²) in [5, 5.41) is 18.8. The second-order valence-corrected chi connectivity index (χ2v) is 4.01. The first kappa shape index (κ1) is 12.9. The van der Waals surface area contributed by atoms with Gasteiger partial charge in [-0.15, -0.1) is 0 Å². The lowest BCUT2D eigenvalue weighted by molar-refractivity contribution is 0.318. The normalized spacial score (nSPS) is 11.6. The molecule has 1 heterocycles. The highest BCUT2D eigenvalue weighted by Gasteiger charge is 2.09. The molecule has 0 amide bonds. The van der Waals surface area contributed by atoms with Gasteiger partial charge in [0.2, 0.25) is 0 Å². The molecule has 0 bridgehead atoms. The van der Waals surface area contributed by atoms with Crippen LogP contribution in [0.5, 0.6) is 0 Å². The molecule has 0 aliphatic carbocycles. The molecule has 6 nitrogen and oxygen atoms in total. The van der Waals surface area contributed by atoms with Crippen LogP contribution in [0.15, 0.2) is 35.6 Å². The van der Waals surface area contributed by atoms with E-state index in [0.717, 1.165) is 0 Å². The molecule has 0 spiro atoms. The van der Waals surface area contributed by atoms with Gasteiger partial charge in [0.1, 0.15) is 11.6 Å². The van der Waals surface area contributed by atoms with Crippen LogP contribution in [-0.2, 0) is 13.6 Å². The number of benzene rings is 1. The number of nitrogens with zero attached hydrogens (tertiary/aromatic N) is 3. The molecule has 2 rings (SSSR count). The molecule has 0 radical (unpaired) electrons. The molecular weight excluding hydrogens is 249 g/mol. The summed E-state index contributed by atoms with van der Waals surface area (Å²) in [7, 11) is 1.81. The first-order valence-corrected chi connectivity index (χ1v) is 5.60. The summed E-state index contributed by atoms with van der Waals surface area (Å²) in [6.07, 6.45) is 1.80. The Kier molecular flexibility index (Phi) is 3.65. The van der Waals surface area contributed by atoms with Gasteiger partial charge in [0.05, 0.1) is 0 Å². The van der Waals surface area contributed by atoms with Crippen LogP contribution >= 0.6 is 0 Å². The summed E-state index contributed by atoms with van der Waals surface area (Å²) >= 11 is 0. The van der Waals surface area contributed by atoms with Gasteiger partial charge in [0, 0.05) is 31.4 Å². The maximum absolute atomic E-state index is 13.2. The van der Waals surface area contributed by atoms with Crippen LogP contribution in [0, 0.1) is 5.82 Å². The molecule has 7 heteroatoms. The number of aryl methyl sites for hydroxylation is 1. The van der Waals surface area contributed by atoms with Crippen LogP contribution in [0.1, 0.15) is 11.1 Å². The number of aromatic nitrogens is 2. The van der Waals surface area contributed by atoms with E-state index in [1.165, 1.54) is 12.1 Å². The van der Waals surface area contributed by atoms with Crippen molar-refractivity contribution in [3.05, 3.63) is 47.4 Å². The van der Waals surface area contributed by atoms with Crippen LogP contribution in [0.3, 0.4) is 0 Å². The van der Waals surface area contributed by atoms with Gasteiger partial charge in [-0.3, -0.25) is 4.68 Å². The fourth-order valence-corrected chi connectivity index (χ4v) is 1.69. The second-order valence-electron chi connectivity index (χ2n) is 4.01. The van der Waals surface area contributed by atoms with E-state index >= 15 is 0 Å². The molecule has 0 aliphatic rings. The van der Waals surface area contributed by atoms with Crippen LogP contribution in [-0.4, -0.2) is 20.8 Å². The zero-order valence-electron chi connectivity index (χ0n) is 10.3. The minimum absolute atomic E-state index is 0.127. The van der Waals surface area contributed by atoms with Crippen molar-refractivity contribution in [2.75, 3.05) is 5.32 Å². The molecule has 4 N–H and O–H groups in total. The molecule has 0 saturated carbocycles. The Labute approximate surface area is 109 Å². The quantitative estimate of drug-likeness (QED) is 0.335. The average molecular weight is 263 g/mol. The molecule has 0 fully saturated rings. The van der Waals surface area contributed by atoms with Crippen LogP contribution in [0.25, 0.3) is 0 Å². The SMILES string of the molecule is Cn1ccc(NCc2ccc(F)cc2C(N)=NO)n1. The molecule has 100 valence electrons. The fourth-order valence-electron chi connectivity index (χ4n) is 1.69. The third kappa shape index (κ3) is 3.01. The summed E-state index contributed by atoms with van der Waals surface area (Å²) in [6, 6.07) is 5.94. The van der Waals surface area contributed by atoms with Gasteiger partial charge in [-0.05, 0) is 17.7 Å². The van der Waals surface area contributed by atoms with E-state index in [0.29, 0.717) is 23.5 Å². The third-order valence-corrected chi connectivity index (χ3v) is 2.63. The maximum atomic E-state index is 13.2. The smallest absolute Gasteiger partial charge is 0.170 e. The van der Waals surface area contributed by atoms with Gasteiger partial charge < -0.3 is 16.3 Å². The molecule has 1 aromatic carbocycles. The molecule has 19 heavy (non-hydrogen) atoms. The molecule has 0 atom stereocenters. The predicted octanol–water partition coefficient (Wildman–Crippen LogP) is 1.27. The highest BCUT2D eigenvalue weighted by Crippen LogP contribution is 2.13. The van der Waals surface area contributed by atoms with E-state index in [-0.39, 0.29) is 5.84 Å². The lowest BCUT2D eigenvalue weighted by Crippen LogP contribution is -2.17. The average Bonchev–Trinajstić information content (AvgIpc) is 2.82. The summed E-state index contributed by atoms with van der Waals surface area (Å²) in [6.45, 7) is 0.392. The minimum Gasteiger partial charge on any atom is -0.409 e. The first-order chi connectivity index (χ1) is 9.10. The summed E-state index contributed by atoms with van der Waals surface area (Å²) in [5.41, 5.74) is 6.59. The van der Waals surface area contributed by atoms with Crippen molar-refractivity contribution in [3.8, 4) is 0 Å². The Morgan fingerprint density at radius 3 is 2.95 bits per heavy atom. The summed E-state index contributed by atoms with van der Waals surface area (Å²) in [5.74, 6) is 0.123. The van der Waals surface area contributed by atoms with Crippen molar-refractivity contribution < 1.29 is 9.60 Å². The van der Waals surface area contributed by atoms with E-state index in [9.17, 15) is 4.39 Å². The number of anilines is 1. The first-order valence-electron chi connectivity index (χ1n) is 5.60. The highest BCUT2D eigenvalue weighted by atomic mass is 19.1. The van der Waals surface area contributed by atoms with Crippen molar-refractivity contribution in [1.82, 2.24) is 9.78 Å². The van der Waals surface area contributed by atoms with Crippen molar-refractivity contribution >= 4 is 11.7 Å². The predicted molar refractivity (Wildman–Crippen MR) is 69.4 cm³/mol. The Hall–Kier alpha value is -2.57. The Bertz CT molecular complexity index is 608.